The molecule has 0 aromatic heterocycles. The van der Waals surface area contributed by atoms with Crippen molar-refractivity contribution >= 4 is 5.91 Å². The summed E-state index contributed by atoms with van der Waals surface area (Å²) in [7, 11) is 0. The summed E-state index contributed by atoms with van der Waals surface area (Å²) in [5, 5.41) is 12.0. The fourth-order valence-corrected chi connectivity index (χ4v) is 2.76. The molecule has 0 unspecified atom stereocenters. The highest BCUT2D eigenvalue weighted by Gasteiger charge is 2.32. The molecule has 0 atom stereocenters. The molecule has 3 nitrogen and oxygen atoms in total. The van der Waals surface area contributed by atoms with Gasteiger partial charge in [-0.25, -0.2) is 13.2 Å². The second-order valence-corrected chi connectivity index (χ2v) is 5.62. The smallest absolute Gasteiger partial charge is 0.254 e. The summed E-state index contributed by atoms with van der Waals surface area (Å²) in [4.78, 5) is 11.9. The largest absolute Gasteiger partial charge is 0.396 e. The topological polar surface area (TPSA) is 49.3 Å². The number of hydrogen-bond acceptors (Lipinski definition) is 2. The number of benzene rings is 1. The van der Waals surface area contributed by atoms with E-state index in [4.69, 9.17) is 0 Å². The van der Waals surface area contributed by atoms with Gasteiger partial charge in [0.2, 0.25) is 0 Å². The van der Waals surface area contributed by atoms with Crippen LogP contribution in [0.25, 0.3) is 0 Å². The molecule has 1 saturated carbocycles. The molecule has 0 spiro atoms. The molecule has 1 aliphatic rings. The first-order valence-electron chi connectivity index (χ1n) is 7.02. The van der Waals surface area contributed by atoms with Crippen molar-refractivity contribution in [3.63, 3.8) is 0 Å². The van der Waals surface area contributed by atoms with Crippen molar-refractivity contribution in [1.82, 2.24) is 5.32 Å². The fourth-order valence-electron chi connectivity index (χ4n) is 2.76. The van der Waals surface area contributed by atoms with Gasteiger partial charge in [0.05, 0.1) is 12.2 Å². The lowest BCUT2D eigenvalue weighted by molar-refractivity contribution is 0.0715. The zero-order valence-electron chi connectivity index (χ0n) is 11.6. The molecule has 1 aromatic rings. The summed E-state index contributed by atoms with van der Waals surface area (Å²) in [6.45, 7) is 0.133. The summed E-state index contributed by atoms with van der Waals surface area (Å²) in [5.41, 5.74) is -0.930. The molecule has 0 aliphatic heterocycles. The van der Waals surface area contributed by atoms with E-state index in [1.807, 2.05) is 0 Å². The highest BCUT2D eigenvalue weighted by atomic mass is 19.2. The number of amides is 1. The van der Waals surface area contributed by atoms with Crippen LogP contribution in [0.15, 0.2) is 12.1 Å². The zero-order chi connectivity index (χ0) is 15.5. The van der Waals surface area contributed by atoms with Crippen molar-refractivity contribution in [2.24, 2.45) is 5.41 Å². The number of rotatable bonds is 4. The van der Waals surface area contributed by atoms with Crippen LogP contribution in [-0.2, 0) is 0 Å². The molecule has 6 heteroatoms. The normalized spacial score (nSPS) is 17.5. The maximum atomic E-state index is 13.5. The van der Waals surface area contributed by atoms with E-state index in [1.165, 1.54) is 0 Å². The molecule has 0 radical (unpaired) electrons. The maximum absolute atomic E-state index is 13.5. The summed E-state index contributed by atoms with van der Waals surface area (Å²) in [6.07, 6.45) is 4.59. The lowest BCUT2D eigenvalue weighted by Crippen LogP contribution is -2.41. The first-order valence-corrected chi connectivity index (χ1v) is 7.02. The third kappa shape index (κ3) is 3.37. The molecular weight excluding hydrogens is 283 g/mol. The second kappa shape index (κ2) is 6.47. The van der Waals surface area contributed by atoms with Crippen LogP contribution in [0, 0.1) is 22.9 Å². The number of aliphatic hydroxyl groups is 1. The molecular formula is C15H18F3NO2. The van der Waals surface area contributed by atoms with Gasteiger partial charge < -0.3 is 10.4 Å². The number of halogens is 3. The average Bonchev–Trinajstić information content (AvgIpc) is 2.51. The van der Waals surface area contributed by atoms with Gasteiger partial charge in [-0.05, 0) is 25.0 Å². The van der Waals surface area contributed by atoms with E-state index in [2.05, 4.69) is 5.32 Å². The Morgan fingerprint density at radius 2 is 1.81 bits per heavy atom. The van der Waals surface area contributed by atoms with Crippen LogP contribution in [0.3, 0.4) is 0 Å². The number of hydrogen-bond donors (Lipinski definition) is 2. The first-order chi connectivity index (χ1) is 9.99. The Morgan fingerprint density at radius 1 is 1.14 bits per heavy atom. The second-order valence-electron chi connectivity index (χ2n) is 5.62. The Balaban J connectivity index is 2.06. The molecule has 0 saturated heterocycles. The van der Waals surface area contributed by atoms with Gasteiger partial charge in [0, 0.05) is 12.0 Å². The van der Waals surface area contributed by atoms with E-state index in [0.29, 0.717) is 0 Å². The summed E-state index contributed by atoms with van der Waals surface area (Å²) >= 11 is 0. The average molecular weight is 301 g/mol. The van der Waals surface area contributed by atoms with Gasteiger partial charge >= 0.3 is 0 Å². The molecule has 116 valence electrons. The van der Waals surface area contributed by atoms with Crippen molar-refractivity contribution < 1.29 is 23.1 Å². The zero-order valence-corrected chi connectivity index (χ0v) is 11.6. The summed E-state index contributed by atoms with van der Waals surface area (Å²) < 4.78 is 39.5. The number of nitrogens with one attached hydrogen (secondary N) is 1. The molecule has 21 heavy (non-hydrogen) atoms. The Bertz CT molecular complexity index is 528. The SMILES string of the molecule is O=C(NCC1(CO)CCCCC1)c1ccc(F)c(F)c1F. The number of carbonyl (C=O) groups is 1. The minimum atomic E-state index is -1.66. The Kier molecular flexibility index (Phi) is 4.88. The molecule has 0 bridgehead atoms. The van der Waals surface area contributed by atoms with Crippen molar-refractivity contribution in [1.29, 1.82) is 0 Å². The molecule has 0 heterocycles. The Morgan fingerprint density at radius 3 is 2.43 bits per heavy atom. The van der Waals surface area contributed by atoms with Crippen molar-refractivity contribution in [3.8, 4) is 0 Å². The quantitative estimate of drug-likeness (QED) is 0.840. The van der Waals surface area contributed by atoms with Gasteiger partial charge in [-0.15, -0.1) is 0 Å². The highest BCUT2D eigenvalue weighted by Crippen LogP contribution is 2.35. The summed E-state index contributed by atoms with van der Waals surface area (Å²) in [5.74, 6) is -5.28. The van der Waals surface area contributed by atoms with Crippen LogP contribution in [0.4, 0.5) is 13.2 Å². The number of aliphatic hydroxyl groups excluding tert-OH is 1. The Hall–Kier alpha value is -1.56. The van der Waals surface area contributed by atoms with E-state index in [9.17, 15) is 23.1 Å². The lowest BCUT2D eigenvalue weighted by Gasteiger charge is -2.35. The minimum Gasteiger partial charge on any atom is -0.396 e. The standard InChI is InChI=1S/C15H18F3NO2/c16-11-5-4-10(12(17)13(11)18)14(21)19-8-15(9-20)6-2-1-3-7-15/h4-5,20H,1-3,6-9H2,(H,19,21). The van der Waals surface area contributed by atoms with Gasteiger partial charge in [-0.2, -0.15) is 0 Å². The Labute approximate surface area is 121 Å². The van der Waals surface area contributed by atoms with Crippen LogP contribution in [0.5, 0.6) is 0 Å². The van der Waals surface area contributed by atoms with Gasteiger partial charge in [-0.1, -0.05) is 19.3 Å². The van der Waals surface area contributed by atoms with Crippen LogP contribution >= 0.6 is 0 Å². The third-order valence-corrected chi connectivity index (χ3v) is 4.15. The predicted molar refractivity (Wildman–Crippen MR) is 71.3 cm³/mol. The van der Waals surface area contributed by atoms with Gasteiger partial charge in [0.15, 0.2) is 17.5 Å². The van der Waals surface area contributed by atoms with Crippen LogP contribution in [-0.4, -0.2) is 24.2 Å². The van der Waals surface area contributed by atoms with Crippen molar-refractivity contribution in [2.75, 3.05) is 13.2 Å². The number of carbonyl (C=O) groups excluding carboxylic acids is 1. The monoisotopic (exact) mass is 301 g/mol. The van der Waals surface area contributed by atoms with E-state index in [-0.39, 0.29) is 13.2 Å². The fraction of sp³-hybridized carbons (Fsp3) is 0.533. The molecule has 1 aliphatic carbocycles. The van der Waals surface area contributed by atoms with E-state index < -0.39 is 34.3 Å². The lowest BCUT2D eigenvalue weighted by atomic mass is 9.74. The van der Waals surface area contributed by atoms with Crippen LogP contribution in [0.1, 0.15) is 42.5 Å². The first kappa shape index (κ1) is 15.8. The highest BCUT2D eigenvalue weighted by molar-refractivity contribution is 5.94. The van der Waals surface area contributed by atoms with Crippen LogP contribution in [0.2, 0.25) is 0 Å². The van der Waals surface area contributed by atoms with Gasteiger partial charge in [-0.3, -0.25) is 4.79 Å². The summed E-state index contributed by atoms with van der Waals surface area (Å²) in [6, 6.07) is 1.63. The molecule has 1 amide bonds. The van der Waals surface area contributed by atoms with E-state index >= 15 is 0 Å². The van der Waals surface area contributed by atoms with Gasteiger partial charge in [0.25, 0.3) is 5.91 Å². The minimum absolute atomic E-state index is 0.0620. The van der Waals surface area contributed by atoms with Crippen molar-refractivity contribution in [2.45, 2.75) is 32.1 Å². The maximum Gasteiger partial charge on any atom is 0.254 e. The predicted octanol–water partition coefficient (Wildman–Crippen LogP) is 2.78. The third-order valence-electron chi connectivity index (χ3n) is 4.15. The van der Waals surface area contributed by atoms with Crippen molar-refractivity contribution in [3.05, 3.63) is 35.1 Å². The van der Waals surface area contributed by atoms with Gasteiger partial charge in [0.1, 0.15) is 0 Å². The molecule has 1 aromatic carbocycles. The van der Waals surface area contributed by atoms with Crippen LogP contribution < -0.4 is 5.32 Å². The van der Waals surface area contributed by atoms with E-state index in [1.54, 1.807) is 0 Å². The van der Waals surface area contributed by atoms with E-state index in [0.717, 1.165) is 44.2 Å². The molecule has 2 N–H and O–H groups in total. The molecule has 1 fully saturated rings. The molecule has 2 rings (SSSR count).